The van der Waals surface area contributed by atoms with Crippen molar-refractivity contribution in [3.63, 3.8) is 0 Å². The van der Waals surface area contributed by atoms with Gasteiger partial charge in [-0.25, -0.2) is 0 Å². The number of benzene rings is 3. The van der Waals surface area contributed by atoms with E-state index in [0.717, 1.165) is 16.7 Å². The third-order valence-corrected chi connectivity index (χ3v) is 8.16. The van der Waals surface area contributed by atoms with E-state index in [2.05, 4.69) is 0 Å². The van der Waals surface area contributed by atoms with E-state index in [4.69, 9.17) is 8.92 Å². The van der Waals surface area contributed by atoms with E-state index in [-0.39, 0.29) is 11.5 Å². The topological polar surface area (TPSA) is 134 Å². The summed E-state index contributed by atoms with van der Waals surface area (Å²) in [5.41, 5.74) is 1.59. The Labute approximate surface area is 221 Å². The zero-order valence-corrected chi connectivity index (χ0v) is 22.0. The first kappa shape index (κ1) is 29.3. The van der Waals surface area contributed by atoms with Crippen LogP contribution in [0.1, 0.15) is 16.7 Å². The lowest BCUT2D eigenvalue weighted by Gasteiger charge is -2.32. The van der Waals surface area contributed by atoms with Crippen molar-refractivity contribution in [2.45, 2.75) is 54.0 Å². The Bertz CT molecular complexity index is 1130. The van der Waals surface area contributed by atoms with Gasteiger partial charge in [0.1, 0.15) is 29.9 Å². The van der Waals surface area contributed by atoms with Gasteiger partial charge < -0.3 is 25.2 Å². The fraction of sp³-hybridized carbons (Fsp3) is 0.333. The van der Waals surface area contributed by atoms with Crippen molar-refractivity contribution in [3.05, 3.63) is 102 Å². The van der Waals surface area contributed by atoms with E-state index >= 15 is 0 Å². The monoisotopic (exact) mass is 548 g/mol. The Balaban J connectivity index is 1.80. The first-order chi connectivity index (χ1) is 17.7. The summed E-state index contributed by atoms with van der Waals surface area (Å²) in [6.07, 6.45) is -7.23. The van der Waals surface area contributed by atoms with Gasteiger partial charge in [-0.3, -0.25) is 4.18 Å². The van der Waals surface area contributed by atoms with Crippen LogP contribution in [-0.4, -0.2) is 65.3 Å². The van der Waals surface area contributed by atoms with E-state index in [1.54, 1.807) is 19.1 Å². The number of hydrogen-bond donors (Lipinski definition) is 4. The standard InChI is InChI=1S/C27H32O8S2/c1-19-12-14-22(15-13-19)37(32,33)35-26(23(29)16-28)24(30)25(31)27(34-17-20-8-4-2-5-9-20)36-18-21-10-6-3-7-11-21/h2-15,23-31H,16-18H2,1H3/t23-,24-,25-,26-,27?/m1/s1. The van der Waals surface area contributed by atoms with Crippen LogP contribution in [-0.2, 0) is 31.4 Å². The molecule has 0 aliphatic carbocycles. The van der Waals surface area contributed by atoms with Gasteiger partial charge in [-0.2, -0.15) is 8.42 Å². The van der Waals surface area contributed by atoms with Crippen molar-refractivity contribution in [2.75, 3.05) is 6.61 Å². The third-order valence-electron chi connectivity index (χ3n) is 5.59. The molecule has 8 nitrogen and oxygen atoms in total. The van der Waals surface area contributed by atoms with Gasteiger partial charge in [-0.15, -0.1) is 11.8 Å². The molecule has 200 valence electrons. The van der Waals surface area contributed by atoms with Gasteiger partial charge in [-0.05, 0) is 30.2 Å². The largest absolute Gasteiger partial charge is 0.394 e. The van der Waals surface area contributed by atoms with Crippen LogP contribution >= 0.6 is 11.8 Å². The van der Waals surface area contributed by atoms with Crippen molar-refractivity contribution in [1.29, 1.82) is 0 Å². The Hall–Kier alpha value is -2.28. The molecule has 0 heterocycles. The molecule has 4 N–H and O–H groups in total. The van der Waals surface area contributed by atoms with Crippen molar-refractivity contribution >= 4 is 21.9 Å². The number of thioether (sulfide) groups is 1. The van der Waals surface area contributed by atoms with Crippen LogP contribution in [0.25, 0.3) is 0 Å². The molecule has 0 aliphatic rings. The molecule has 0 saturated carbocycles. The van der Waals surface area contributed by atoms with E-state index in [9.17, 15) is 28.8 Å². The minimum Gasteiger partial charge on any atom is -0.394 e. The highest BCUT2D eigenvalue weighted by molar-refractivity contribution is 7.99. The summed E-state index contributed by atoms with van der Waals surface area (Å²) < 4.78 is 36.8. The summed E-state index contributed by atoms with van der Waals surface area (Å²) in [5.74, 6) is 0.430. The van der Waals surface area contributed by atoms with Gasteiger partial charge in [0.15, 0.2) is 0 Å². The van der Waals surface area contributed by atoms with Crippen molar-refractivity contribution in [2.24, 2.45) is 0 Å². The van der Waals surface area contributed by atoms with Gasteiger partial charge in [0.05, 0.1) is 18.1 Å². The minimum absolute atomic E-state index is 0.118. The van der Waals surface area contributed by atoms with Gasteiger partial charge in [0.2, 0.25) is 0 Å². The number of rotatable bonds is 14. The first-order valence-corrected chi connectivity index (χ1v) is 14.1. The molecule has 5 atom stereocenters. The fourth-order valence-electron chi connectivity index (χ4n) is 3.47. The molecule has 0 amide bonds. The maximum Gasteiger partial charge on any atom is 0.297 e. The Kier molecular flexibility index (Phi) is 11.1. The third kappa shape index (κ3) is 8.62. The Morgan fingerprint density at radius 1 is 0.811 bits per heavy atom. The van der Waals surface area contributed by atoms with Crippen molar-refractivity contribution < 1.29 is 37.8 Å². The second kappa shape index (κ2) is 14.0. The van der Waals surface area contributed by atoms with Crippen LogP contribution in [0.2, 0.25) is 0 Å². The second-order valence-electron chi connectivity index (χ2n) is 8.52. The number of aliphatic hydroxyl groups excluding tert-OH is 4. The zero-order valence-electron chi connectivity index (χ0n) is 20.3. The Morgan fingerprint density at radius 3 is 1.95 bits per heavy atom. The van der Waals surface area contributed by atoms with Crippen LogP contribution < -0.4 is 0 Å². The van der Waals surface area contributed by atoms with Crippen LogP contribution in [0, 0.1) is 6.92 Å². The molecule has 3 aromatic rings. The van der Waals surface area contributed by atoms with E-state index in [0.29, 0.717) is 5.75 Å². The fourth-order valence-corrected chi connectivity index (χ4v) is 5.65. The van der Waals surface area contributed by atoms with E-state index in [1.807, 2.05) is 60.7 Å². The maximum atomic E-state index is 12.8. The van der Waals surface area contributed by atoms with Crippen LogP contribution in [0.4, 0.5) is 0 Å². The number of ether oxygens (including phenoxy) is 1. The summed E-state index contributed by atoms with van der Waals surface area (Å²) in [6.45, 7) is 1.01. The highest BCUT2D eigenvalue weighted by Gasteiger charge is 2.40. The number of hydrogen-bond acceptors (Lipinski definition) is 9. The van der Waals surface area contributed by atoms with E-state index < -0.39 is 46.6 Å². The predicted molar refractivity (Wildman–Crippen MR) is 141 cm³/mol. The molecule has 0 radical (unpaired) electrons. The molecular formula is C27H32O8S2. The first-order valence-electron chi connectivity index (χ1n) is 11.7. The number of aliphatic hydroxyl groups is 4. The predicted octanol–water partition coefficient (Wildman–Crippen LogP) is 2.62. The molecule has 37 heavy (non-hydrogen) atoms. The quantitative estimate of drug-likeness (QED) is 0.177. The summed E-state index contributed by atoms with van der Waals surface area (Å²) in [6, 6.07) is 24.5. The second-order valence-corrected chi connectivity index (χ2v) is 11.2. The summed E-state index contributed by atoms with van der Waals surface area (Å²) in [5, 5.41) is 41.9. The molecule has 3 rings (SSSR count). The SMILES string of the molecule is Cc1ccc(S(=O)(=O)O[C@@H]([C@H](O)[C@@H](O)C(OCc2ccccc2)SCc2ccccc2)[C@H](O)CO)cc1. The normalized spacial score (nSPS) is 16.0. The molecule has 0 aromatic heterocycles. The molecule has 1 unspecified atom stereocenters. The molecule has 3 aromatic carbocycles. The van der Waals surface area contributed by atoms with Crippen molar-refractivity contribution in [3.8, 4) is 0 Å². The lowest BCUT2D eigenvalue weighted by atomic mass is 10.0. The van der Waals surface area contributed by atoms with Gasteiger partial charge in [0, 0.05) is 5.75 Å². The van der Waals surface area contributed by atoms with Crippen LogP contribution in [0.3, 0.4) is 0 Å². The molecule has 0 spiro atoms. The molecule has 0 saturated heterocycles. The Morgan fingerprint density at radius 2 is 1.38 bits per heavy atom. The molecule has 0 fully saturated rings. The molecular weight excluding hydrogens is 516 g/mol. The van der Waals surface area contributed by atoms with Gasteiger partial charge in [-0.1, -0.05) is 78.4 Å². The number of aryl methyl sites for hydroxylation is 1. The summed E-state index contributed by atoms with van der Waals surface area (Å²) >= 11 is 1.20. The molecule has 0 bridgehead atoms. The van der Waals surface area contributed by atoms with Crippen LogP contribution in [0.15, 0.2) is 89.8 Å². The molecule has 0 aliphatic heterocycles. The summed E-state index contributed by atoms with van der Waals surface area (Å²) in [4.78, 5) is -0.190. The van der Waals surface area contributed by atoms with Crippen LogP contribution in [0.5, 0.6) is 0 Å². The molecule has 10 heteroatoms. The zero-order chi connectivity index (χ0) is 26.8. The van der Waals surface area contributed by atoms with Crippen molar-refractivity contribution in [1.82, 2.24) is 0 Å². The lowest BCUT2D eigenvalue weighted by Crippen LogP contribution is -2.51. The van der Waals surface area contributed by atoms with E-state index in [1.165, 1.54) is 23.9 Å². The maximum absolute atomic E-state index is 12.8. The average Bonchev–Trinajstić information content (AvgIpc) is 2.92. The smallest absolute Gasteiger partial charge is 0.297 e. The average molecular weight is 549 g/mol. The van der Waals surface area contributed by atoms with Gasteiger partial charge >= 0.3 is 0 Å². The summed E-state index contributed by atoms with van der Waals surface area (Å²) in [7, 11) is -4.44. The highest BCUT2D eigenvalue weighted by atomic mass is 32.2. The minimum atomic E-state index is -4.44. The lowest BCUT2D eigenvalue weighted by molar-refractivity contribution is -0.126. The van der Waals surface area contributed by atoms with Gasteiger partial charge in [0.25, 0.3) is 10.1 Å². The highest BCUT2D eigenvalue weighted by Crippen LogP contribution is 2.28.